The number of aliphatic carboxylic acids is 3. The van der Waals surface area contributed by atoms with Crippen LogP contribution in [-0.2, 0) is 90.0 Å². The maximum Gasteiger partial charge on any atom is 0.335 e. The highest BCUT2D eigenvalue weighted by atomic mass is 16.6. The molecule has 498 valence electrons. The number of nitrogens with zero attached hydrogens (tertiary/aromatic N) is 6. The van der Waals surface area contributed by atoms with Gasteiger partial charge in [0.05, 0.1) is 127 Å². The Hall–Kier alpha value is -7.43. The summed E-state index contributed by atoms with van der Waals surface area (Å²) in [6.45, 7) is 2.34. The predicted octanol–water partition coefficient (Wildman–Crippen LogP) is 7.49. The van der Waals surface area contributed by atoms with Gasteiger partial charge in [0.15, 0.2) is 12.2 Å². The molecule has 5 fully saturated rings. The van der Waals surface area contributed by atoms with Crippen molar-refractivity contribution >= 4 is 17.9 Å². The van der Waals surface area contributed by atoms with E-state index in [4.69, 9.17) is 79.2 Å². The maximum atomic E-state index is 10.9. The summed E-state index contributed by atoms with van der Waals surface area (Å²) in [4.78, 5) is 38.2. The molecule has 0 amide bonds. The standard InChI is InChI=1S/C14H18O3.2C13H17N3O3.C13H16O6.C13H16O5/c15-14(16)12-7-4-8-13(9-12)17-10-11-5-2-1-3-6-11;2*14-16-15-12-9-18-11(7-17)6-13(12)19-8-10-4-2-1-3-5-10;14-9-7-19-12(13(16)17)10(15)11(9)18-6-8-4-2-1-3-5-8;14-10-8-18-12(13(15)16)6-11(10)17-7-9-4-2-1-3-5-9/h1-3,5-6,12-13H,4,7-10H2,(H,15,16);2*1-5,11-13,17H,6-9H2;1-5,9-12,14-15H,6-7H2,(H,16,17);1-5,10-12,14H,6-8H2,(H,15,16)/t12?,13-;2*11?,12?,13-;9?,10-,11-,12?;10?,11-,12?/m01101/s1. The Kier molecular flexibility index (Phi) is 33.0. The van der Waals surface area contributed by atoms with E-state index < -0.39 is 60.6 Å². The van der Waals surface area contributed by atoms with Crippen molar-refractivity contribution in [2.75, 3.05) is 39.6 Å². The molecule has 4 aliphatic heterocycles. The van der Waals surface area contributed by atoms with E-state index in [-0.39, 0.29) is 101 Å². The molecule has 1 saturated carbocycles. The molecule has 92 heavy (non-hydrogen) atoms. The molecule has 4 heterocycles. The third-order valence-corrected chi connectivity index (χ3v) is 15.5. The molecule has 8 N–H and O–H groups in total. The summed E-state index contributed by atoms with van der Waals surface area (Å²) in [6.07, 6.45) is -3.16. The van der Waals surface area contributed by atoms with Crippen LogP contribution in [0.25, 0.3) is 20.9 Å². The second-order valence-corrected chi connectivity index (χ2v) is 22.3. The molecule has 5 aromatic rings. The van der Waals surface area contributed by atoms with Gasteiger partial charge in [0.2, 0.25) is 0 Å². The number of carboxylic acid groups (broad SMARTS) is 3. The minimum absolute atomic E-state index is 0.00355. The van der Waals surface area contributed by atoms with Crippen LogP contribution in [0.3, 0.4) is 0 Å². The lowest BCUT2D eigenvalue weighted by molar-refractivity contribution is -0.215. The minimum Gasteiger partial charge on any atom is -0.481 e. The van der Waals surface area contributed by atoms with Crippen molar-refractivity contribution < 1.29 is 97.9 Å². The zero-order valence-electron chi connectivity index (χ0n) is 51.0. The fourth-order valence-electron chi connectivity index (χ4n) is 10.4. The van der Waals surface area contributed by atoms with Crippen LogP contribution in [0.5, 0.6) is 0 Å². The lowest BCUT2D eigenvalue weighted by Crippen LogP contribution is -2.56. The first kappa shape index (κ1) is 73.6. The van der Waals surface area contributed by atoms with Gasteiger partial charge in [-0.05, 0) is 58.1 Å². The van der Waals surface area contributed by atoms with Gasteiger partial charge in [-0.2, -0.15) is 0 Å². The smallest absolute Gasteiger partial charge is 0.335 e. The van der Waals surface area contributed by atoms with Crippen LogP contribution in [0.1, 0.15) is 72.8 Å². The van der Waals surface area contributed by atoms with Gasteiger partial charge in [-0.25, -0.2) is 9.59 Å². The average Bonchev–Trinajstić information content (AvgIpc) is 1.10. The SMILES string of the molecule is O=C(O)C1CCC[C@H](OCc2ccccc2)C1.O=C(O)C1C[C@@H](OCc2ccccc2)C(O)CO1.O=C(O)C1OCC(O)[C@H](OCc2ccccc2)[C@@H]1O.[N-]=[N+]=NC1COC(CO)C[C@H]1OCc1ccccc1.[N-]=[N+]=NC1COC(CO)C[C@H]1OCc1ccccc1. The monoisotopic (exact) mass is 1280 g/mol. The van der Waals surface area contributed by atoms with E-state index >= 15 is 0 Å². The molecule has 0 radical (unpaired) electrons. The van der Waals surface area contributed by atoms with Crippen molar-refractivity contribution in [2.24, 2.45) is 16.1 Å². The summed E-state index contributed by atoms with van der Waals surface area (Å²) in [6, 6.07) is 47.7. The normalized spacial score (nSPS) is 27.4. The highest BCUT2D eigenvalue weighted by Crippen LogP contribution is 2.28. The Bertz CT molecular complexity index is 2890. The van der Waals surface area contributed by atoms with Gasteiger partial charge in [0.1, 0.15) is 24.4 Å². The topological polar surface area (TPSA) is 394 Å². The highest BCUT2D eigenvalue weighted by molar-refractivity contribution is 5.73. The summed E-state index contributed by atoms with van der Waals surface area (Å²) in [5.74, 6) is -3.19. The molecule has 0 bridgehead atoms. The molecule has 26 heteroatoms. The lowest BCUT2D eigenvalue weighted by Gasteiger charge is -2.35. The van der Waals surface area contributed by atoms with Crippen molar-refractivity contribution in [1.82, 2.24) is 0 Å². The molecular weight excluding hydrogens is 1200 g/mol. The number of hydrogen-bond acceptors (Lipinski definition) is 19. The van der Waals surface area contributed by atoms with Crippen LogP contribution >= 0.6 is 0 Å². The molecule has 0 spiro atoms. The maximum absolute atomic E-state index is 10.9. The van der Waals surface area contributed by atoms with Gasteiger partial charge in [0.25, 0.3) is 0 Å². The van der Waals surface area contributed by atoms with Gasteiger partial charge in [-0.15, -0.1) is 0 Å². The summed E-state index contributed by atoms with van der Waals surface area (Å²) in [5.41, 5.74) is 22.2. The van der Waals surface area contributed by atoms with E-state index in [2.05, 4.69) is 20.1 Å². The molecule has 5 aliphatic rings. The largest absolute Gasteiger partial charge is 0.481 e. The Labute approximate surface area is 533 Å². The highest BCUT2D eigenvalue weighted by Gasteiger charge is 2.43. The molecule has 5 aromatic carbocycles. The first-order valence-corrected chi connectivity index (χ1v) is 30.4. The number of aliphatic hydroxyl groups is 5. The molecule has 26 nitrogen and oxygen atoms in total. The van der Waals surface area contributed by atoms with Crippen molar-refractivity contribution in [3.8, 4) is 0 Å². The van der Waals surface area contributed by atoms with Crippen molar-refractivity contribution in [2.45, 2.75) is 163 Å². The number of aliphatic hydroxyl groups excluding tert-OH is 5. The third kappa shape index (κ3) is 25.9. The third-order valence-electron chi connectivity index (χ3n) is 15.5. The summed E-state index contributed by atoms with van der Waals surface area (Å²) < 4.78 is 49.0. The first-order valence-electron chi connectivity index (χ1n) is 30.4. The van der Waals surface area contributed by atoms with Crippen LogP contribution in [-0.4, -0.2) is 184 Å². The van der Waals surface area contributed by atoms with Crippen LogP contribution in [0.2, 0.25) is 0 Å². The minimum atomic E-state index is -1.40. The zero-order chi connectivity index (χ0) is 65.9. The van der Waals surface area contributed by atoms with Gasteiger partial charge in [0, 0.05) is 29.1 Å². The van der Waals surface area contributed by atoms with Crippen LogP contribution in [0.4, 0.5) is 0 Å². The van der Waals surface area contributed by atoms with Gasteiger partial charge in [-0.3, -0.25) is 4.79 Å². The number of ether oxygens (including phenoxy) is 9. The van der Waals surface area contributed by atoms with Crippen molar-refractivity contribution in [3.05, 3.63) is 200 Å². The van der Waals surface area contributed by atoms with E-state index in [9.17, 15) is 29.7 Å². The molecule has 10 rings (SSSR count). The molecule has 15 atom stereocenters. The second-order valence-electron chi connectivity index (χ2n) is 22.3. The van der Waals surface area contributed by atoms with Gasteiger partial charge >= 0.3 is 17.9 Å². The van der Waals surface area contributed by atoms with Gasteiger partial charge < -0.3 is 83.5 Å². The van der Waals surface area contributed by atoms with E-state index in [1.165, 1.54) is 0 Å². The van der Waals surface area contributed by atoms with Crippen molar-refractivity contribution in [1.29, 1.82) is 0 Å². The number of carbonyl (C=O) groups is 3. The van der Waals surface area contributed by atoms with Crippen molar-refractivity contribution in [3.63, 3.8) is 0 Å². The number of azide groups is 2. The second kappa shape index (κ2) is 41.2. The van der Waals surface area contributed by atoms with Crippen LogP contribution in [0, 0.1) is 5.92 Å². The van der Waals surface area contributed by atoms with E-state index in [0.717, 1.165) is 47.1 Å². The summed E-state index contributed by atoms with van der Waals surface area (Å²) in [7, 11) is 0. The summed E-state index contributed by atoms with van der Waals surface area (Å²) in [5, 5.41) is 81.6. The molecule has 4 saturated heterocycles. The fraction of sp³-hybridized carbons (Fsp3) is 0.500. The average molecular weight is 1280 g/mol. The number of carboxylic acids is 3. The molecule has 1 aliphatic carbocycles. The lowest BCUT2D eigenvalue weighted by atomic mass is 9.87. The molecule has 0 aromatic heterocycles. The molecule has 9 unspecified atom stereocenters. The Morgan fingerprint density at radius 3 is 1.25 bits per heavy atom. The number of hydrogen-bond donors (Lipinski definition) is 8. The predicted molar refractivity (Wildman–Crippen MR) is 331 cm³/mol. The van der Waals surface area contributed by atoms with Crippen LogP contribution < -0.4 is 0 Å². The van der Waals surface area contributed by atoms with Gasteiger partial charge in [-0.1, -0.05) is 168 Å². The summed E-state index contributed by atoms with van der Waals surface area (Å²) >= 11 is 0. The van der Waals surface area contributed by atoms with E-state index in [1.807, 2.05) is 152 Å². The first-order chi connectivity index (χ1) is 44.7. The quantitative estimate of drug-likeness (QED) is 0.0189. The van der Waals surface area contributed by atoms with E-state index in [1.54, 1.807) is 0 Å². The zero-order valence-corrected chi connectivity index (χ0v) is 51.0. The Morgan fingerprint density at radius 1 is 0.457 bits per heavy atom. The van der Waals surface area contributed by atoms with E-state index in [0.29, 0.717) is 45.7 Å². The number of rotatable bonds is 22. The molecular formula is C66H84N6O20. The Balaban J connectivity index is 0.000000183. The Morgan fingerprint density at radius 2 is 0.859 bits per heavy atom. The fourth-order valence-corrected chi connectivity index (χ4v) is 10.4. The number of benzene rings is 5. The van der Waals surface area contributed by atoms with Crippen LogP contribution in [0.15, 0.2) is 162 Å².